The third-order valence-corrected chi connectivity index (χ3v) is 5.62. The number of nitrogens with one attached hydrogen (secondary N) is 3. The van der Waals surface area contributed by atoms with Gasteiger partial charge in [-0.05, 0) is 46.2 Å². The van der Waals surface area contributed by atoms with Crippen molar-refractivity contribution < 1.29 is 23.4 Å². The zero-order valence-electron chi connectivity index (χ0n) is 24.1. The lowest BCUT2D eigenvalue weighted by Crippen LogP contribution is -2.46. The zero-order valence-corrected chi connectivity index (χ0v) is 24.1. The fraction of sp³-hybridized carbons (Fsp3) is 0.481. The van der Waals surface area contributed by atoms with Crippen LogP contribution in [0.4, 0.5) is 26.5 Å². The monoisotopic (exact) mass is 569 g/mol. The molecule has 3 rings (SSSR count). The second kappa shape index (κ2) is 14.2. The Bertz CT molecular complexity index is 1340. The lowest BCUT2D eigenvalue weighted by molar-refractivity contribution is 0.0502. The van der Waals surface area contributed by atoms with Crippen molar-refractivity contribution in [1.82, 2.24) is 30.3 Å². The third kappa shape index (κ3) is 9.00. The van der Waals surface area contributed by atoms with Crippen molar-refractivity contribution in [2.24, 2.45) is 0 Å². The van der Waals surface area contributed by atoms with Gasteiger partial charge >= 0.3 is 6.09 Å². The van der Waals surface area contributed by atoms with Gasteiger partial charge < -0.3 is 30.2 Å². The molecule has 13 nitrogen and oxygen atoms in total. The molecule has 0 unspecified atom stereocenters. The maximum absolute atomic E-state index is 15.1. The lowest BCUT2D eigenvalue weighted by atomic mass is 10.0. The van der Waals surface area contributed by atoms with Crippen LogP contribution in [0, 0.1) is 17.1 Å². The molecule has 0 radical (unpaired) electrons. The average Bonchev–Trinajstić information content (AvgIpc) is 3.44. The Morgan fingerprint density at radius 3 is 2.56 bits per heavy atom. The van der Waals surface area contributed by atoms with Crippen LogP contribution < -0.4 is 20.7 Å². The summed E-state index contributed by atoms with van der Waals surface area (Å²) in [5.41, 5.74) is 0.192. The van der Waals surface area contributed by atoms with Crippen LogP contribution in [0.5, 0.6) is 5.88 Å². The van der Waals surface area contributed by atoms with Gasteiger partial charge in [0, 0.05) is 19.2 Å². The highest BCUT2D eigenvalue weighted by Gasteiger charge is 2.24. The highest BCUT2D eigenvalue weighted by Crippen LogP contribution is 2.28. The summed E-state index contributed by atoms with van der Waals surface area (Å²) in [4.78, 5) is 22.4. The Morgan fingerprint density at radius 2 is 1.93 bits per heavy atom. The standard InChI is InChI=1S/C27H36FN9O4/c1-7-8-21(17(2)33-26(38)41-27(3,4)5)35-24-20(28)13-18(15-29)23(36-24)34-19-14-22(37-31-9-10-32-37)25(30-16-19)40-12-11-39-6/h9-10,13-14,16-17,21H,7-8,11-12H2,1-6H3,(H,33,38)(H2,34,35,36)/t17-,21+/m0/s1. The molecule has 3 N–H and O–H groups in total. The predicted molar refractivity (Wildman–Crippen MR) is 150 cm³/mol. The summed E-state index contributed by atoms with van der Waals surface area (Å²) in [6, 6.07) is 3.93. The largest absolute Gasteiger partial charge is 0.474 e. The maximum Gasteiger partial charge on any atom is 0.407 e. The van der Waals surface area contributed by atoms with Crippen LogP contribution in [0.2, 0.25) is 0 Å². The van der Waals surface area contributed by atoms with Crippen molar-refractivity contribution in [2.45, 2.75) is 65.1 Å². The normalized spacial score (nSPS) is 12.6. The van der Waals surface area contributed by atoms with Crippen molar-refractivity contribution >= 4 is 23.4 Å². The number of pyridine rings is 2. The number of hydrogen-bond acceptors (Lipinski definition) is 11. The topological polar surface area (TPSA) is 161 Å². The Kier molecular flexibility index (Phi) is 10.8. The van der Waals surface area contributed by atoms with E-state index in [2.05, 4.69) is 36.1 Å². The number of anilines is 3. The molecule has 3 aromatic rings. The van der Waals surface area contributed by atoms with E-state index < -0.39 is 23.6 Å². The molecule has 0 fully saturated rings. The summed E-state index contributed by atoms with van der Waals surface area (Å²) in [5.74, 6) is -0.412. The molecule has 2 atom stereocenters. The first-order valence-corrected chi connectivity index (χ1v) is 13.2. The summed E-state index contributed by atoms with van der Waals surface area (Å²) in [7, 11) is 1.56. The van der Waals surface area contributed by atoms with Crippen molar-refractivity contribution in [3.8, 4) is 17.6 Å². The maximum atomic E-state index is 15.1. The highest BCUT2D eigenvalue weighted by atomic mass is 19.1. The molecular weight excluding hydrogens is 533 g/mol. The number of rotatable bonds is 13. The SMILES string of the molecule is CCC[C@@H](Nc1nc(Nc2cnc(OCCOC)c(-n3nccn3)c2)c(C#N)cc1F)[C@H](C)NC(=O)OC(C)(C)C. The minimum atomic E-state index is -0.709. The van der Waals surface area contributed by atoms with Gasteiger partial charge in [-0.15, -0.1) is 4.80 Å². The smallest absolute Gasteiger partial charge is 0.407 e. The second-order valence-electron chi connectivity index (χ2n) is 10.1. The Balaban J connectivity index is 1.87. The van der Waals surface area contributed by atoms with Crippen LogP contribution in [-0.2, 0) is 9.47 Å². The molecule has 0 saturated carbocycles. The van der Waals surface area contributed by atoms with Gasteiger partial charge in [0.1, 0.15) is 24.0 Å². The molecule has 0 aromatic carbocycles. The van der Waals surface area contributed by atoms with Crippen molar-refractivity contribution in [2.75, 3.05) is 31.0 Å². The van der Waals surface area contributed by atoms with Crippen molar-refractivity contribution in [1.29, 1.82) is 5.26 Å². The quantitative estimate of drug-likeness (QED) is 0.251. The predicted octanol–water partition coefficient (Wildman–Crippen LogP) is 4.33. The number of alkyl carbamates (subject to hydrolysis) is 1. The summed E-state index contributed by atoms with van der Waals surface area (Å²) >= 11 is 0. The molecule has 0 aliphatic heterocycles. The highest BCUT2D eigenvalue weighted by molar-refractivity contribution is 5.69. The first-order valence-electron chi connectivity index (χ1n) is 13.2. The number of ether oxygens (including phenoxy) is 3. The molecule has 41 heavy (non-hydrogen) atoms. The third-order valence-electron chi connectivity index (χ3n) is 5.62. The van der Waals surface area contributed by atoms with E-state index in [1.54, 1.807) is 40.9 Å². The molecule has 0 saturated heterocycles. The number of nitriles is 1. The van der Waals surface area contributed by atoms with Crippen molar-refractivity contribution in [3.05, 3.63) is 42.1 Å². The molecule has 3 heterocycles. The minimum absolute atomic E-state index is 0.0146. The number of carbonyl (C=O) groups is 1. The molecule has 3 aromatic heterocycles. The first-order chi connectivity index (χ1) is 19.5. The summed E-state index contributed by atoms with van der Waals surface area (Å²) < 4.78 is 31.2. The van der Waals surface area contributed by atoms with Gasteiger partial charge in [0.2, 0.25) is 5.88 Å². The van der Waals surface area contributed by atoms with Gasteiger partial charge in [-0.2, -0.15) is 15.5 Å². The number of methoxy groups -OCH3 is 1. The molecule has 0 bridgehead atoms. The second-order valence-corrected chi connectivity index (χ2v) is 10.1. The fourth-order valence-electron chi connectivity index (χ4n) is 3.76. The molecule has 0 aliphatic rings. The molecule has 0 spiro atoms. The van der Waals surface area contributed by atoms with Crippen LogP contribution in [0.3, 0.4) is 0 Å². The average molecular weight is 570 g/mol. The van der Waals surface area contributed by atoms with Gasteiger partial charge in [0.05, 0.1) is 36.4 Å². The molecule has 220 valence electrons. The van der Waals surface area contributed by atoms with E-state index in [9.17, 15) is 10.1 Å². The zero-order chi connectivity index (χ0) is 30.0. The number of halogens is 1. The van der Waals surface area contributed by atoms with Crippen LogP contribution in [-0.4, -0.2) is 69.1 Å². The summed E-state index contributed by atoms with van der Waals surface area (Å²) in [5, 5.41) is 26.9. The van der Waals surface area contributed by atoms with Crippen molar-refractivity contribution in [3.63, 3.8) is 0 Å². The van der Waals surface area contributed by atoms with Gasteiger partial charge in [0.25, 0.3) is 0 Å². The van der Waals surface area contributed by atoms with Crippen LogP contribution in [0.1, 0.15) is 53.0 Å². The molecule has 0 aliphatic carbocycles. The number of nitrogens with zero attached hydrogens (tertiary/aromatic N) is 6. The van der Waals surface area contributed by atoms with Gasteiger partial charge in [-0.1, -0.05) is 13.3 Å². The minimum Gasteiger partial charge on any atom is -0.474 e. The van der Waals surface area contributed by atoms with E-state index in [4.69, 9.17) is 14.2 Å². The number of carbonyl (C=O) groups excluding carboxylic acids is 1. The van der Waals surface area contributed by atoms with E-state index >= 15 is 4.39 Å². The van der Waals surface area contributed by atoms with Gasteiger partial charge in [-0.3, -0.25) is 0 Å². The van der Waals surface area contributed by atoms with Crippen LogP contribution in [0.15, 0.2) is 30.7 Å². The Labute approximate surface area is 238 Å². The molecular formula is C27H36FN9O4. The fourth-order valence-corrected chi connectivity index (χ4v) is 3.76. The number of aromatic nitrogens is 5. The first kappa shape index (κ1) is 31.0. The molecule has 1 amide bonds. The Hall–Kier alpha value is -4.51. The van der Waals surface area contributed by atoms with Crippen LogP contribution >= 0.6 is 0 Å². The number of amides is 1. The van der Waals surface area contributed by atoms with E-state index in [1.165, 1.54) is 23.4 Å². The lowest BCUT2D eigenvalue weighted by Gasteiger charge is -2.28. The number of hydrogen-bond donors (Lipinski definition) is 3. The van der Waals surface area contributed by atoms with E-state index in [0.29, 0.717) is 24.4 Å². The summed E-state index contributed by atoms with van der Waals surface area (Å²) in [6.07, 6.45) is 5.30. The van der Waals surface area contributed by atoms with E-state index in [1.807, 2.05) is 13.0 Å². The van der Waals surface area contributed by atoms with Gasteiger partial charge in [0.15, 0.2) is 17.5 Å². The Morgan fingerprint density at radius 1 is 1.20 bits per heavy atom. The summed E-state index contributed by atoms with van der Waals surface area (Å²) in [6.45, 7) is 9.72. The van der Waals surface area contributed by atoms with E-state index in [0.717, 1.165) is 12.5 Å². The molecule has 14 heteroatoms. The van der Waals surface area contributed by atoms with Crippen LogP contribution in [0.25, 0.3) is 5.69 Å². The van der Waals surface area contributed by atoms with E-state index in [-0.39, 0.29) is 35.7 Å². The van der Waals surface area contributed by atoms with Gasteiger partial charge in [-0.25, -0.2) is 19.2 Å².